The van der Waals surface area contributed by atoms with Gasteiger partial charge in [0, 0.05) is 0 Å². The fourth-order valence-electron chi connectivity index (χ4n) is 2.75. The van der Waals surface area contributed by atoms with Crippen LogP contribution in [0.15, 0.2) is 35.5 Å². The molecular formula is C17H21NO6. The molecule has 4 atom stereocenters. The summed E-state index contributed by atoms with van der Waals surface area (Å²) < 4.78 is 22.8. The van der Waals surface area contributed by atoms with Gasteiger partial charge in [0.1, 0.15) is 37.8 Å². The zero-order valence-electron chi connectivity index (χ0n) is 13.7. The number of rotatable bonds is 7. The van der Waals surface area contributed by atoms with Gasteiger partial charge < -0.3 is 28.6 Å². The summed E-state index contributed by atoms with van der Waals surface area (Å²) in [6.07, 6.45) is 0.246. The van der Waals surface area contributed by atoms with Crippen LogP contribution in [0.25, 0.3) is 0 Å². The van der Waals surface area contributed by atoms with E-state index in [1.165, 1.54) is 6.21 Å². The molecule has 0 radical (unpaired) electrons. The number of hydrogen-bond acceptors (Lipinski definition) is 7. The Balaban J connectivity index is 1.57. The summed E-state index contributed by atoms with van der Waals surface area (Å²) in [7, 11) is 0. The Kier molecular flexibility index (Phi) is 5.25. The van der Waals surface area contributed by atoms with Crippen molar-refractivity contribution in [1.82, 2.24) is 0 Å². The number of oxime groups is 1. The average Bonchev–Trinajstić information content (AvgIpc) is 3.02. The van der Waals surface area contributed by atoms with Crippen molar-refractivity contribution in [3.63, 3.8) is 0 Å². The lowest BCUT2D eigenvalue weighted by Crippen LogP contribution is -2.38. The highest BCUT2D eigenvalue weighted by Crippen LogP contribution is 2.38. The van der Waals surface area contributed by atoms with E-state index in [1.54, 1.807) is 13.8 Å². The molecule has 2 heterocycles. The third kappa shape index (κ3) is 3.99. The molecule has 0 aromatic heterocycles. The van der Waals surface area contributed by atoms with Crippen LogP contribution in [0.3, 0.4) is 0 Å². The fourth-order valence-corrected chi connectivity index (χ4v) is 2.75. The van der Waals surface area contributed by atoms with E-state index in [4.69, 9.17) is 23.8 Å². The summed E-state index contributed by atoms with van der Waals surface area (Å²) in [6.45, 7) is 3.92. The van der Waals surface area contributed by atoms with Gasteiger partial charge in [-0.2, -0.15) is 0 Å². The lowest BCUT2D eigenvalue weighted by Gasteiger charge is -2.23. The number of carbonyl (C=O) groups excluding carboxylic acids is 1. The van der Waals surface area contributed by atoms with Gasteiger partial charge in [-0.3, -0.25) is 0 Å². The molecule has 2 aliphatic heterocycles. The van der Waals surface area contributed by atoms with Gasteiger partial charge in [-0.25, -0.2) is 0 Å². The van der Waals surface area contributed by atoms with E-state index < -0.39 is 30.4 Å². The van der Waals surface area contributed by atoms with E-state index in [0.29, 0.717) is 12.9 Å². The van der Waals surface area contributed by atoms with Crippen molar-refractivity contribution in [2.45, 2.75) is 50.8 Å². The second-order valence-electron chi connectivity index (χ2n) is 6.05. The summed E-state index contributed by atoms with van der Waals surface area (Å²) in [5.41, 5.74) is 1.01. The third-order valence-electron chi connectivity index (χ3n) is 3.74. The Morgan fingerprint density at radius 1 is 1.25 bits per heavy atom. The Bertz CT molecular complexity index is 576. The van der Waals surface area contributed by atoms with Gasteiger partial charge in [0.2, 0.25) is 0 Å². The van der Waals surface area contributed by atoms with Crippen LogP contribution in [-0.4, -0.2) is 49.5 Å². The lowest BCUT2D eigenvalue weighted by molar-refractivity contribution is -0.209. The minimum absolute atomic E-state index is 0.0454. The molecule has 130 valence electrons. The molecule has 24 heavy (non-hydrogen) atoms. The summed E-state index contributed by atoms with van der Waals surface area (Å²) in [5, 5.41) is 3.94. The molecule has 0 spiro atoms. The van der Waals surface area contributed by atoms with Crippen molar-refractivity contribution in [2.24, 2.45) is 5.16 Å². The molecule has 2 aliphatic rings. The molecular weight excluding hydrogens is 314 g/mol. The first-order valence-electron chi connectivity index (χ1n) is 7.85. The Morgan fingerprint density at radius 2 is 2.04 bits per heavy atom. The quantitative estimate of drug-likeness (QED) is 0.428. The number of fused-ring (bicyclic) bond motifs is 1. The number of aldehydes is 1. The Labute approximate surface area is 140 Å². The minimum Gasteiger partial charge on any atom is -0.391 e. The first-order valence-corrected chi connectivity index (χ1v) is 7.85. The maximum Gasteiger partial charge on any atom is 0.190 e. The molecule has 7 nitrogen and oxygen atoms in total. The number of ether oxygens (including phenoxy) is 4. The molecule has 7 heteroatoms. The van der Waals surface area contributed by atoms with E-state index in [-0.39, 0.29) is 6.61 Å². The second-order valence-corrected chi connectivity index (χ2v) is 6.05. The molecule has 1 aromatic rings. The number of carbonyl (C=O) groups is 1. The summed E-state index contributed by atoms with van der Waals surface area (Å²) >= 11 is 0. The van der Waals surface area contributed by atoms with Crippen LogP contribution in [0.2, 0.25) is 0 Å². The largest absolute Gasteiger partial charge is 0.391 e. The van der Waals surface area contributed by atoms with Gasteiger partial charge in [-0.1, -0.05) is 35.5 Å². The first-order chi connectivity index (χ1) is 11.6. The van der Waals surface area contributed by atoms with Crippen molar-refractivity contribution >= 4 is 12.5 Å². The molecule has 1 aromatic carbocycles. The van der Waals surface area contributed by atoms with E-state index >= 15 is 0 Å². The topological polar surface area (TPSA) is 75.6 Å². The lowest BCUT2D eigenvalue weighted by atomic mass is 10.1. The number of nitrogens with zero attached hydrogens (tertiary/aromatic N) is 1. The van der Waals surface area contributed by atoms with Crippen molar-refractivity contribution in [1.29, 1.82) is 0 Å². The standard InChI is InChI=1S/C17H21NO6/c1-17(2)23-15-14(20-9-8-19)13(22-16(15)24-17)10-18-21-11-12-6-4-3-5-7-12/h3-8,10,13-16H,9,11H2,1-2H3/b18-10+/t13-,14+,15-,16-/m1/s1. The van der Waals surface area contributed by atoms with Crippen LogP contribution < -0.4 is 0 Å². The predicted molar refractivity (Wildman–Crippen MR) is 84.2 cm³/mol. The number of hydrogen-bond donors (Lipinski definition) is 0. The monoisotopic (exact) mass is 335 g/mol. The van der Waals surface area contributed by atoms with Crippen LogP contribution in [0, 0.1) is 0 Å². The van der Waals surface area contributed by atoms with E-state index in [1.807, 2.05) is 30.3 Å². The predicted octanol–water partition coefficient (Wildman–Crippen LogP) is 1.65. The van der Waals surface area contributed by atoms with Gasteiger partial charge in [0.05, 0.1) is 6.21 Å². The molecule has 3 rings (SSSR count). The summed E-state index contributed by atoms with van der Waals surface area (Å²) in [4.78, 5) is 15.9. The zero-order valence-corrected chi connectivity index (χ0v) is 13.7. The summed E-state index contributed by atoms with van der Waals surface area (Å²) in [6, 6.07) is 9.71. The van der Waals surface area contributed by atoms with Gasteiger partial charge >= 0.3 is 0 Å². The van der Waals surface area contributed by atoms with Crippen LogP contribution in [0.1, 0.15) is 19.4 Å². The van der Waals surface area contributed by atoms with E-state index in [2.05, 4.69) is 5.16 Å². The maximum atomic E-state index is 10.6. The molecule has 0 saturated carbocycles. The normalized spacial score (nSPS) is 31.2. The van der Waals surface area contributed by atoms with Crippen LogP contribution in [-0.2, 0) is 35.2 Å². The van der Waals surface area contributed by atoms with Crippen LogP contribution in [0.4, 0.5) is 0 Å². The van der Waals surface area contributed by atoms with Gasteiger partial charge in [-0.05, 0) is 19.4 Å². The number of benzene rings is 1. The Morgan fingerprint density at radius 3 is 2.79 bits per heavy atom. The van der Waals surface area contributed by atoms with Crippen LogP contribution >= 0.6 is 0 Å². The highest BCUT2D eigenvalue weighted by molar-refractivity contribution is 5.64. The van der Waals surface area contributed by atoms with Gasteiger partial charge in [0.25, 0.3) is 0 Å². The van der Waals surface area contributed by atoms with Gasteiger partial charge in [0.15, 0.2) is 12.1 Å². The second kappa shape index (κ2) is 7.40. The molecule has 2 fully saturated rings. The van der Waals surface area contributed by atoms with Gasteiger partial charge in [-0.15, -0.1) is 0 Å². The maximum absolute atomic E-state index is 10.6. The fraction of sp³-hybridized carbons (Fsp3) is 0.529. The smallest absolute Gasteiger partial charge is 0.190 e. The molecule has 0 unspecified atom stereocenters. The summed E-state index contributed by atoms with van der Waals surface area (Å²) in [5.74, 6) is -0.746. The molecule has 0 bridgehead atoms. The highest BCUT2D eigenvalue weighted by atomic mass is 16.8. The van der Waals surface area contributed by atoms with E-state index in [0.717, 1.165) is 5.56 Å². The van der Waals surface area contributed by atoms with Crippen molar-refractivity contribution in [3.8, 4) is 0 Å². The van der Waals surface area contributed by atoms with Crippen molar-refractivity contribution in [2.75, 3.05) is 6.61 Å². The van der Waals surface area contributed by atoms with Crippen LogP contribution in [0.5, 0.6) is 0 Å². The first kappa shape index (κ1) is 17.0. The molecule has 0 N–H and O–H groups in total. The minimum atomic E-state index is -0.746. The molecule has 0 aliphatic carbocycles. The molecule has 2 saturated heterocycles. The zero-order chi connectivity index (χ0) is 17.0. The van der Waals surface area contributed by atoms with Crippen molar-refractivity contribution in [3.05, 3.63) is 35.9 Å². The van der Waals surface area contributed by atoms with Crippen molar-refractivity contribution < 1.29 is 28.6 Å². The average molecular weight is 335 g/mol. The SMILES string of the molecule is CC1(C)O[C@H]2O[C@H](/C=N/OCc3ccccc3)[C@H](OCC=O)[C@H]2O1. The molecule has 0 amide bonds. The third-order valence-corrected chi connectivity index (χ3v) is 3.74. The highest BCUT2D eigenvalue weighted by Gasteiger charge is 2.55. The van der Waals surface area contributed by atoms with E-state index in [9.17, 15) is 4.79 Å². The Hall–Kier alpha value is -1.80.